The van der Waals surface area contributed by atoms with E-state index < -0.39 is 17.7 Å². The molecule has 1 N–H and O–H groups in total. The van der Waals surface area contributed by atoms with Crippen molar-refractivity contribution in [3.8, 4) is 0 Å². The Hall–Kier alpha value is -1.78. The third kappa shape index (κ3) is 4.09. The molecule has 0 saturated heterocycles. The zero-order chi connectivity index (χ0) is 15.5. The molecule has 2 rings (SSSR count). The first kappa shape index (κ1) is 15.6. The van der Waals surface area contributed by atoms with Gasteiger partial charge in [-0.25, -0.2) is 0 Å². The Morgan fingerprint density at radius 1 is 1.10 bits per heavy atom. The van der Waals surface area contributed by atoms with Gasteiger partial charge in [-0.1, -0.05) is 43.5 Å². The lowest BCUT2D eigenvalue weighted by molar-refractivity contribution is -0.165. The highest BCUT2D eigenvalue weighted by molar-refractivity contribution is 5.99. The fourth-order valence-electron chi connectivity index (χ4n) is 2.65. The van der Waals surface area contributed by atoms with Gasteiger partial charge in [-0.05, 0) is 24.3 Å². The first-order valence-electron chi connectivity index (χ1n) is 7.00. The number of carbonyl (C=O) groups is 1. The smallest absolute Gasteiger partial charge is 0.454 e. The maximum absolute atomic E-state index is 12.1. The Labute approximate surface area is 121 Å². The average molecular weight is 298 g/mol. The van der Waals surface area contributed by atoms with Crippen molar-refractivity contribution in [2.24, 2.45) is 0 Å². The van der Waals surface area contributed by atoms with Crippen LogP contribution in [0.1, 0.15) is 49.1 Å². The van der Waals surface area contributed by atoms with E-state index in [2.05, 4.69) is 0 Å². The maximum atomic E-state index is 12.1. The van der Waals surface area contributed by atoms with Crippen LogP contribution in [-0.4, -0.2) is 17.1 Å². The number of carbonyl (C=O) groups excluding carboxylic acids is 1. The Kier molecular flexibility index (Phi) is 4.70. The molecule has 0 unspecified atom stereocenters. The predicted molar refractivity (Wildman–Crippen MR) is 73.9 cm³/mol. The topological polar surface area (TPSA) is 37.3 Å². The van der Waals surface area contributed by atoms with E-state index in [9.17, 15) is 23.1 Å². The molecule has 0 atom stereocenters. The van der Waals surface area contributed by atoms with Gasteiger partial charge in [0, 0.05) is 11.6 Å². The van der Waals surface area contributed by atoms with Gasteiger partial charge in [0.15, 0.2) is 0 Å². The second kappa shape index (κ2) is 6.33. The van der Waals surface area contributed by atoms with Crippen molar-refractivity contribution in [1.29, 1.82) is 0 Å². The van der Waals surface area contributed by atoms with Crippen molar-refractivity contribution < 1.29 is 23.1 Å². The van der Waals surface area contributed by atoms with Crippen molar-refractivity contribution in [2.45, 2.75) is 44.2 Å². The number of allylic oxidation sites excluding steroid dienone is 1. The van der Waals surface area contributed by atoms with Crippen LogP contribution in [0.4, 0.5) is 13.2 Å². The number of ketones is 1. The molecule has 0 aromatic heterocycles. The van der Waals surface area contributed by atoms with E-state index in [0.717, 1.165) is 18.4 Å². The summed E-state index contributed by atoms with van der Waals surface area (Å²) in [7, 11) is 0. The standard InChI is InChI=1S/C16H17F3O2/c17-16(18,19)15(21)10-14(20)13-8-6-12(7-9-13)11-4-2-1-3-5-11/h6-11,20H,1-5H2/b14-10-. The van der Waals surface area contributed by atoms with Crippen molar-refractivity contribution in [3.05, 3.63) is 41.5 Å². The van der Waals surface area contributed by atoms with E-state index in [1.807, 2.05) is 12.1 Å². The first-order valence-corrected chi connectivity index (χ1v) is 7.00. The highest BCUT2D eigenvalue weighted by Crippen LogP contribution is 2.33. The summed E-state index contributed by atoms with van der Waals surface area (Å²) in [5.74, 6) is -2.24. The number of hydrogen-bond acceptors (Lipinski definition) is 2. The van der Waals surface area contributed by atoms with E-state index in [4.69, 9.17) is 0 Å². The molecule has 1 aliphatic carbocycles. The van der Waals surface area contributed by atoms with Gasteiger partial charge >= 0.3 is 6.18 Å². The normalized spacial score (nSPS) is 17.8. The SMILES string of the molecule is O=C(/C=C(\O)c1ccc(C2CCCCC2)cc1)C(F)(F)F. The van der Waals surface area contributed by atoms with Gasteiger partial charge in [-0.3, -0.25) is 4.79 Å². The maximum Gasteiger partial charge on any atom is 0.454 e. The molecule has 1 aromatic carbocycles. The van der Waals surface area contributed by atoms with Crippen molar-refractivity contribution in [2.75, 3.05) is 0 Å². The molecule has 0 aliphatic heterocycles. The molecule has 1 saturated carbocycles. The molecule has 5 heteroatoms. The van der Waals surface area contributed by atoms with Crippen LogP contribution in [-0.2, 0) is 4.79 Å². The predicted octanol–water partition coefficient (Wildman–Crippen LogP) is 4.76. The van der Waals surface area contributed by atoms with Gasteiger partial charge in [0.1, 0.15) is 5.76 Å². The Morgan fingerprint density at radius 2 is 1.67 bits per heavy atom. The zero-order valence-corrected chi connectivity index (χ0v) is 11.5. The summed E-state index contributed by atoms with van der Waals surface area (Å²) < 4.78 is 36.4. The van der Waals surface area contributed by atoms with Crippen LogP contribution >= 0.6 is 0 Å². The zero-order valence-electron chi connectivity index (χ0n) is 11.5. The Balaban J connectivity index is 2.11. The third-order valence-corrected chi connectivity index (χ3v) is 3.83. The highest BCUT2D eigenvalue weighted by atomic mass is 19.4. The minimum Gasteiger partial charge on any atom is -0.507 e. The van der Waals surface area contributed by atoms with E-state index in [1.54, 1.807) is 12.1 Å². The molecule has 114 valence electrons. The molecule has 1 fully saturated rings. The lowest BCUT2D eigenvalue weighted by Crippen LogP contribution is -2.20. The minimum atomic E-state index is -4.96. The summed E-state index contributed by atoms with van der Waals surface area (Å²) in [6.45, 7) is 0. The Bertz CT molecular complexity index is 523. The van der Waals surface area contributed by atoms with Gasteiger partial charge in [0.2, 0.25) is 0 Å². The number of benzene rings is 1. The second-order valence-electron chi connectivity index (χ2n) is 5.35. The summed E-state index contributed by atoms with van der Waals surface area (Å²) >= 11 is 0. The number of halogens is 3. The van der Waals surface area contributed by atoms with Crippen LogP contribution < -0.4 is 0 Å². The van der Waals surface area contributed by atoms with Crippen molar-refractivity contribution >= 4 is 11.5 Å². The van der Waals surface area contributed by atoms with Crippen molar-refractivity contribution in [3.63, 3.8) is 0 Å². The molecule has 1 aromatic rings. The largest absolute Gasteiger partial charge is 0.507 e. The van der Waals surface area contributed by atoms with E-state index in [1.165, 1.54) is 19.3 Å². The second-order valence-corrected chi connectivity index (χ2v) is 5.35. The van der Waals surface area contributed by atoms with E-state index >= 15 is 0 Å². The number of rotatable bonds is 3. The van der Waals surface area contributed by atoms with Crippen molar-refractivity contribution in [1.82, 2.24) is 0 Å². The molecule has 0 spiro atoms. The summed E-state index contributed by atoms with van der Waals surface area (Å²) in [5.41, 5.74) is 1.35. The van der Waals surface area contributed by atoms with Crippen LogP contribution in [0.5, 0.6) is 0 Å². The Morgan fingerprint density at radius 3 is 2.19 bits per heavy atom. The van der Waals surface area contributed by atoms with Crippen LogP contribution in [0.2, 0.25) is 0 Å². The summed E-state index contributed by atoms with van der Waals surface area (Å²) in [4.78, 5) is 10.8. The average Bonchev–Trinajstić information content (AvgIpc) is 2.47. The number of alkyl halides is 3. The van der Waals surface area contributed by atoms with Gasteiger partial charge in [-0.15, -0.1) is 0 Å². The van der Waals surface area contributed by atoms with Gasteiger partial charge in [0.25, 0.3) is 5.78 Å². The number of hydrogen-bond donors (Lipinski definition) is 1. The molecule has 0 heterocycles. The molecule has 21 heavy (non-hydrogen) atoms. The van der Waals surface area contributed by atoms with Crippen LogP contribution in [0, 0.1) is 0 Å². The molecular formula is C16H17F3O2. The van der Waals surface area contributed by atoms with E-state index in [0.29, 0.717) is 5.92 Å². The van der Waals surface area contributed by atoms with E-state index in [-0.39, 0.29) is 11.6 Å². The molecule has 0 radical (unpaired) electrons. The molecular weight excluding hydrogens is 281 g/mol. The fourth-order valence-corrected chi connectivity index (χ4v) is 2.65. The number of aliphatic hydroxyl groups excluding tert-OH is 1. The summed E-state index contributed by atoms with van der Waals surface area (Å²) in [6.07, 6.45) is 1.13. The molecule has 1 aliphatic rings. The minimum absolute atomic E-state index is 0.215. The first-order chi connectivity index (χ1) is 9.88. The number of aliphatic hydroxyl groups is 1. The summed E-state index contributed by atoms with van der Waals surface area (Å²) in [5, 5.41) is 9.60. The van der Waals surface area contributed by atoms with Gasteiger partial charge in [-0.2, -0.15) is 13.2 Å². The molecule has 0 amide bonds. The van der Waals surface area contributed by atoms with Gasteiger partial charge < -0.3 is 5.11 Å². The van der Waals surface area contributed by atoms with Crippen LogP contribution in [0.15, 0.2) is 30.3 Å². The lowest BCUT2D eigenvalue weighted by atomic mass is 9.84. The van der Waals surface area contributed by atoms with Crippen LogP contribution in [0.25, 0.3) is 5.76 Å². The quantitative estimate of drug-likeness (QED) is 0.645. The van der Waals surface area contributed by atoms with Crippen LogP contribution in [0.3, 0.4) is 0 Å². The lowest BCUT2D eigenvalue weighted by Gasteiger charge is -2.22. The molecule has 2 nitrogen and oxygen atoms in total. The third-order valence-electron chi connectivity index (χ3n) is 3.83. The van der Waals surface area contributed by atoms with Gasteiger partial charge in [0.05, 0.1) is 0 Å². The highest BCUT2D eigenvalue weighted by Gasteiger charge is 2.37. The monoisotopic (exact) mass is 298 g/mol. The molecule has 0 bridgehead atoms. The summed E-state index contributed by atoms with van der Waals surface area (Å²) in [6, 6.07) is 6.74. The fraction of sp³-hybridized carbons (Fsp3) is 0.438.